The number of ether oxygens (including phenoxy) is 2. The van der Waals surface area contributed by atoms with Crippen molar-refractivity contribution in [2.24, 2.45) is 5.92 Å². The molecule has 2 aliphatic heterocycles. The zero-order valence-corrected chi connectivity index (χ0v) is 18.8. The molecule has 4 heterocycles. The quantitative estimate of drug-likeness (QED) is 0.576. The summed E-state index contributed by atoms with van der Waals surface area (Å²) in [7, 11) is -3.66. The molecular weight excluding hydrogens is 446 g/mol. The highest BCUT2D eigenvalue weighted by molar-refractivity contribution is 7.89. The maximum atomic E-state index is 13.1. The number of piperidine rings is 1. The standard InChI is InChI=1S/C22H25N5O5S/c28-22(23-9-6-21-25-24-20-3-1-2-10-27(20)21)16-7-11-26(12-8-16)33(29,30)17-4-5-18-19(15-17)32-14-13-31-18/h1-5,10,15-16H,6-9,11-14H2,(H,23,28). The summed E-state index contributed by atoms with van der Waals surface area (Å²) in [6, 6.07) is 10.4. The van der Waals surface area contributed by atoms with Crippen LogP contribution in [0, 0.1) is 5.92 Å². The molecule has 1 amide bonds. The molecule has 0 atom stereocenters. The van der Waals surface area contributed by atoms with Crippen LogP contribution in [0.2, 0.25) is 0 Å². The molecule has 33 heavy (non-hydrogen) atoms. The number of carbonyl (C=O) groups excluding carboxylic acids is 1. The van der Waals surface area contributed by atoms with E-state index in [9.17, 15) is 13.2 Å². The van der Waals surface area contributed by atoms with E-state index in [-0.39, 0.29) is 16.7 Å². The summed E-state index contributed by atoms with van der Waals surface area (Å²) in [5, 5.41) is 11.2. The second kappa shape index (κ2) is 8.99. The van der Waals surface area contributed by atoms with Crippen LogP contribution in [-0.4, -0.2) is 66.1 Å². The monoisotopic (exact) mass is 471 g/mol. The van der Waals surface area contributed by atoms with Crippen LogP contribution in [0.4, 0.5) is 0 Å². The third-order valence-electron chi connectivity index (χ3n) is 6.01. The molecule has 0 spiro atoms. The van der Waals surface area contributed by atoms with Crippen molar-refractivity contribution < 1.29 is 22.7 Å². The molecule has 1 saturated heterocycles. The molecule has 0 radical (unpaired) electrons. The van der Waals surface area contributed by atoms with E-state index in [1.807, 2.05) is 28.8 Å². The van der Waals surface area contributed by atoms with E-state index >= 15 is 0 Å². The Labute approximate surface area is 191 Å². The molecule has 0 aliphatic carbocycles. The Morgan fingerprint density at radius 2 is 1.85 bits per heavy atom. The van der Waals surface area contributed by atoms with Crippen molar-refractivity contribution in [1.29, 1.82) is 0 Å². The first-order valence-electron chi connectivity index (χ1n) is 11.0. The van der Waals surface area contributed by atoms with E-state index in [1.54, 1.807) is 6.07 Å². The second-order valence-electron chi connectivity index (χ2n) is 8.07. The number of aromatic nitrogens is 3. The molecule has 3 aromatic rings. The van der Waals surface area contributed by atoms with Gasteiger partial charge in [0.05, 0.1) is 4.90 Å². The largest absolute Gasteiger partial charge is 0.486 e. The van der Waals surface area contributed by atoms with Crippen LogP contribution in [0.25, 0.3) is 5.65 Å². The number of hydrogen-bond acceptors (Lipinski definition) is 7. The Morgan fingerprint density at radius 1 is 1.06 bits per heavy atom. The van der Waals surface area contributed by atoms with Crippen LogP contribution in [0.3, 0.4) is 0 Å². The molecule has 10 nitrogen and oxygen atoms in total. The van der Waals surface area contributed by atoms with Crippen LogP contribution < -0.4 is 14.8 Å². The molecule has 1 N–H and O–H groups in total. The molecule has 2 aromatic heterocycles. The summed E-state index contributed by atoms with van der Waals surface area (Å²) >= 11 is 0. The summed E-state index contributed by atoms with van der Waals surface area (Å²) in [5.41, 5.74) is 0.769. The van der Waals surface area contributed by atoms with Crippen LogP contribution >= 0.6 is 0 Å². The van der Waals surface area contributed by atoms with Gasteiger partial charge in [-0.1, -0.05) is 6.07 Å². The lowest BCUT2D eigenvalue weighted by atomic mass is 9.97. The number of rotatable bonds is 6. The van der Waals surface area contributed by atoms with Gasteiger partial charge in [0.15, 0.2) is 17.1 Å². The third-order valence-corrected chi connectivity index (χ3v) is 7.90. The van der Waals surface area contributed by atoms with Crippen molar-refractivity contribution in [3.63, 3.8) is 0 Å². The van der Waals surface area contributed by atoms with E-state index in [0.717, 1.165) is 11.5 Å². The van der Waals surface area contributed by atoms with Crippen LogP contribution in [0.15, 0.2) is 47.5 Å². The lowest BCUT2D eigenvalue weighted by Crippen LogP contribution is -2.43. The van der Waals surface area contributed by atoms with Crippen molar-refractivity contribution in [1.82, 2.24) is 24.2 Å². The zero-order chi connectivity index (χ0) is 22.8. The maximum absolute atomic E-state index is 13.1. The molecule has 0 saturated carbocycles. The fraction of sp³-hybridized carbons (Fsp3) is 0.409. The normalized spacial score (nSPS) is 17.2. The molecule has 11 heteroatoms. The van der Waals surface area contributed by atoms with Gasteiger partial charge in [0, 0.05) is 44.2 Å². The first kappa shape index (κ1) is 21.7. The van der Waals surface area contributed by atoms with Crippen molar-refractivity contribution in [3.05, 3.63) is 48.4 Å². The predicted molar refractivity (Wildman–Crippen MR) is 119 cm³/mol. The number of nitrogens with one attached hydrogen (secondary N) is 1. The van der Waals surface area contributed by atoms with Gasteiger partial charge in [-0.2, -0.15) is 4.31 Å². The minimum atomic E-state index is -3.66. The lowest BCUT2D eigenvalue weighted by molar-refractivity contribution is -0.126. The molecule has 1 aromatic carbocycles. The number of sulfonamides is 1. The van der Waals surface area contributed by atoms with Gasteiger partial charge in [0.1, 0.15) is 19.0 Å². The molecule has 0 unspecified atom stereocenters. The zero-order valence-electron chi connectivity index (χ0n) is 18.0. The minimum Gasteiger partial charge on any atom is -0.486 e. The Balaban J connectivity index is 1.14. The number of benzene rings is 1. The number of carbonyl (C=O) groups is 1. The minimum absolute atomic E-state index is 0.0554. The molecule has 5 rings (SSSR count). The van der Waals surface area contributed by atoms with Gasteiger partial charge in [0.2, 0.25) is 15.9 Å². The van der Waals surface area contributed by atoms with E-state index in [2.05, 4.69) is 15.5 Å². The van der Waals surface area contributed by atoms with E-state index < -0.39 is 10.0 Å². The van der Waals surface area contributed by atoms with Gasteiger partial charge in [-0.25, -0.2) is 8.42 Å². The Hall–Kier alpha value is -3.18. The maximum Gasteiger partial charge on any atom is 0.243 e. The Bertz CT molecular complexity index is 1270. The number of fused-ring (bicyclic) bond motifs is 2. The summed E-state index contributed by atoms with van der Waals surface area (Å²) < 4.78 is 40.5. The summed E-state index contributed by atoms with van der Waals surface area (Å²) in [5.74, 6) is 1.50. The van der Waals surface area contributed by atoms with E-state index in [0.29, 0.717) is 63.6 Å². The summed E-state index contributed by atoms with van der Waals surface area (Å²) in [6.07, 6.45) is 3.41. The number of pyridine rings is 1. The lowest BCUT2D eigenvalue weighted by Gasteiger charge is -2.30. The Kier molecular flexibility index (Phi) is 5.90. The second-order valence-corrected chi connectivity index (χ2v) is 10.0. The van der Waals surface area contributed by atoms with Crippen LogP contribution in [-0.2, 0) is 21.2 Å². The van der Waals surface area contributed by atoms with Crippen molar-refractivity contribution in [2.45, 2.75) is 24.2 Å². The molecular formula is C22H25N5O5S. The average Bonchev–Trinajstić information content (AvgIpc) is 3.27. The molecule has 1 fully saturated rings. The van der Waals surface area contributed by atoms with Crippen molar-refractivity contribution >= 4 is 21.6 Å². The van der Waals surface area contributed by atoms with Crippen LogP contribution in [0.5, 0.6) is 11.5 Å². The average molecular weight is 472 g/mol. The van der Waals surface area contributed by atoms with Gasteiger partial charge in [-0.05, 0) is 37.1 Å². The number of nitrogens with zero attached hydrogens (tertiary/aromatic N) is 4. The summed E-state index contributed by atoms with van der Waals surface area (Å²) in [6.45, 7) is 1.88. The SMILES string of the molecule is O=C(NCCc1nnc2ccccn12)C1CCN(S(=O)(=O)c2ccc3c(c2)OCCO3)CC1. The highest BCUT2D eigenvalue weighted by atomic mass is 32.2. The highest BCUT2D eigenvalue weighted by Crippen LogP contribution is 2.34. The van der Waals surface area contributed by atoms with Gasteiger partial charge < -0.3 is 14.8 Å². The smallest absolute Gasteiger partial charge is 0.243 e. The van der Waals surface area contributed by atoms with Crippen molar-refractivity contribution in [2.75, 3.05) is 32.8 Å². The number of hydrogen-bond donors (Lipinski definition) is 1. The fourth-order valence-corrected chi connectivity index (χ4v) is 5.68. The third kappa shape index (κ3) is 4.38. The summed E-state index contributed by atoms with van der Waals surface area (Å²) in [4.78, 5) is 12.8. The van der Waals surface area contributed by atoms with E-state index in [1.165, 1.54) is 16.4 Å². The highest BCUT2D eigenvalue weighted by Gasteiger charge is 2.32. The number of amides is 1. The van der Waals surface area contributed by atoms with Gasteiger partial charge >= 0.3 is 0 Å². The molecule has 2 aliphatic rings. The van der Waals surface area contributed by atoms with Gasteiger partial charge in [0.25, 0.3) is 0 Å². The molecule has 174 valence electrons. The first-order chi connectivity index (χ1) is 16.0. The van der Waals surface area contributed by atoms with E-state index in [4.69, 9.17) is 9.47 Å². The topological polar surface area (TPSA) is 115 Å². The van der Waals surface area contributed by atoms with Crippen molar-refractivity contribution in [3.8, 4) is 11.5 Å². The first-order valence-corrected chi connectivity index (χ1v) is 12.4. The Morgan fingerprint density at radius 3 is 2.67 bits per heavy atom. The van der Waals surface area contributed by atoms with Crippen LogP contribution in [0.1, 0.15) is 18.7 Å². The van der Waals surface area contributed by atoms with Gasteiger partial charge in [-0.3, -0.25) is 9.20 Å². The fourth-order valence-electron chi connectivity index (χ4n) is 4.19. The predicted octanol–water partition coefficient (Wildman–Crippen LogP) is 1.26. The molecule has 0 bridgehead atoms. The van der Waals surface area contributed by atoms with Gasteiger partial charge in [-0.15, -0.1) is 10.2 Å².